The van der Waals surface area contributed by atoms with Gasteiger partial charge < -0.3 is 10.6 Å². The molecular formula is C13H16ClFN2O. The van der Waals surface area contributed by atoms with Crippen LogP contribution in [0.4, 0.5) is 4.39 Å². The molecule has 98 valence electrons. The van der Waals surface area contributed by atoms with E-state index in [0.717, 1.165) is 12.0 Å². The summed E-state index contributed by atoms with van der Waals surface area (Å²) in [7, 11) is 0. The number of nitrogens with two attached hydrogens (primary N) is 1. The number of alkyl halides is 1. The largest absolute Gasteiger partial charge is 0.340 e. The van der Waals surface area contributed by atoms with Gasteiger partial charge >= 0.3 is 0 Å². The Balaban J connectivity index is 2.08. The summed E-state index contributed by atoms with van der Waals surface area (Å²) in [6.07, 6.45) is 0.743. The number of likely N-dealkylation sites (tertiary alicyclic amines) is 1. The van der Waals surface area contributed by atoms with Crippen LogP contribution in [0.25, 0.3) is 0 Å². The maximum absolute atomic E-state index is 13.2. The van der Waals surface area contributed by atoms with Gasteiger partial charge in [-0.05, 0) is 24.1 Å². The highest BCUT2D eigenvalue weighted by molar-refractivity contribution is 6.27. The van der Waals surface area contributed by atoms with Gasteiger partial charge in [0.15, 0.2) is 0 Å². The molecule has 2 atom stereocenters. The zero-order valence-corrected chi connectivity index (χ0v) is 10.7. The Morgan fingerprint density at radius 3 is 2.94 bits per heavy atom. The second-order valence-corrected chi connectivity index (χ2v) is 4.85. The zero-order chi connectivity index (χ0) is 13.1. The molecule has 1 aliphatic rings. The van der Waals surface area contributed by atoms with E-state index in [1.165, 1.54) is 12.1 Å². The van der Waals surface area contributed by atoms with Gasteiger partial charge in [0.25, 0.3) is 0 Å². The highest BCUT2D eigenvalue weighted by Gasteiger charge is 2.29. The summed E-state index contributed by atoms with van der Waals surface area (Å²) >= 11 is 5.53. The van der Waals surface area contributed by atoms with Crippen LogP contribution in [0.2, 0.25) is 0 Å². The molecule has 0 radical (unpaired) electrons. The lowest BCUT2D eigenvalue weighted by molar-refractivity contribution is -0.129. The third-order valence-electron chi connectivity index (χ3n) is 3.40. The summed E-state index contributed by atoms with van der Waals surface area (Å²) in [6.45, 7) is 1.10. The van der Waals surface area contributed by atoms with E-state index in [1.807, 2.05) is 6.07 Å². The summed E-state index contributed by atoms with van der Waals surface area (Å²) in [4.78, 5) is 13.2. The smallest absolute Gasteiger partial charge is 0.237 e. The van der Waals surface area contributed by atoms with Gasteiger partial charge in [0, 0.05) is 25.0 Å². The van der Waals surface area contributed by atoms with Gasteiger partial charge in [0.1, 0.15) is 11.7 Å². The first-order valence-electron chi connectivity index (χ1n) is 5.96. The second-order valence-electron chi connectivity index (χ2n) is 4.59. The predicted octanol–water partition coefficient (Wildman–Crippen LogP) is 1.71. The van der Waals surface area contributed by atoms with Crippen LogP contribution in [-0.4, -0.2) is 35.8 Å². The molecule has 2 N–H and O–H groups in total. The molecule has 0 aliphatic carbocycles. The number of hydrogen-bond acceptors (Lipinski definition) is 2. The van der Waals surface area contributed by atoms with Gasteiger partial charge in [0.2, 0.25) is 5.91 Å². The molecule has 0 aromatic heterocycles. The number of nitrogens with zero attached hydrogens (tertiary/aromatic N) is 1. The minimum atomic E-state index is -0.251. The fourth-order valence-corrected chi connectivity index (χ4v) is 2.61. The van der Waals surface area contributed by atoms with E-state index in [1.54, 1.807) is 11.0 Å². The van der Waals surface area contributed by atoms with E-state index in [2.05, 4.69) is 0 Å². The van der Waals surface area contributed by atoms with E-state index >= 15 is 0 Å². The van der Waals surface area contributed by atoms with E-state index in [9.17, 15) is 9.18 Å². The molecule has 1 saturated heterocycles. The van der Waals surface area contributed by atoms with Crippen molar-refractivity contribution in [1.82, 2.24) is 4.90 Å². The van der Waals surface area contributed by atoms with E-state index in [4.69, 9.17) is 17.3 Å². The quantitative estimate of drug-likeness (QED) is 0.832. The molecule has 1 aliphatic heterocycles. The average molecular weight is 271 g/mol. The van der Waals surface area contributed by atoms with Gasteiger partial charge in [0.05, 0.1) is 0 Å². The number of carbonyl (C=O) groups is 1. The van der Waals surface area contributed by atoms with Crippen LogP contribution in [0.3, 0.4) is 0 Å². The Morgan fingerprint density at radius 2 is 2.33 bits per heavy atom. The average Bonchev–Trinajstić information content (AvgIpc) is 2.37. The van der Waals surface area contributed by atoms with Crippen LogP contribution < -0.4 is 5.73 Å². The second kappa shape index (κ2) is 5.67. The third-order valence-corrected chi connectivity index (χ3v) is 3.63. The van der Waals surface area contributed by atoms with Gasteiger partial charge in [-0.2, -0.15) is 0 Å². The molecule has 1 fully saturated rings. The van der Waals surface area contributed by atoms with Gasteiger partial charge in [-0.25, -0.2) is 4.39 Å². The summed E-state index contributed by atoms with van der Waals surface area (Å²) in [6, 6.07) is 6.33. The van der Waals surface area contributed by atoms with Crippen molar-refractivity contribution in [3.05, 3.63) is 35.6 Å². The van der Waals surface area contributed by atoms with E-state index in [-0.39, 0.29) is 29.6 Å². The first-order chi connectivity index (χ1) is 8.61. The summed E-state index contributed by atoms with van der Waals surface area (Å²) in [5.74, 6) is -0.263. The van der Waals surface area contributed by atoms with Crippen LogP contribution in [0.5, 0.6) is 0 Å². The Morgan fingerprint density at radius 1 is 1.56 bits per heavy atom. The summed E-state index contributed by atoms with van der Waals surface area (Å²) in [5, 5.41) is 0. The summed E-state index contributed by atoms with van der Waals surface area (Å²) in [5.41, 5.74) is 6.99. The van der Waals surface area contributed by atoms with Gasteiger partial charge in [-0.3, -0.25) is 4.79 Å². The van der Waals surface area contributed by atoms with Crippen molar-refractivity contribution in [1.29, 1.82) is 0 Å². The number of piperidine rings is 1. The number of amides is 1. The first kappa shape index (κ1) is 13.3. The van der Waals surface area contributed by atoms with E-state index < -0.39 is 0 Å². The van der Waals surface area contributed by atoms with Crippen molar-refractivity contribution in [2.45, 2.75) is 18.4 Å². The fraction of sp³-hybridized carbons (Fsp3) is 0.462. The molecule has 1 aromatic rings. The number of halogens is 2. The Kier molecular flexibility index (Phi) is 4.19. The monoisotopic (exact) mass is 270 g/mol. The topological polar surface area (TPSA) is 46.3 Å². The van der Waals surface area contributed by atoms with Crippen LogP contribution in [0, 0.1) is 5.82 Å². The fourth-order valence-electron chi connectivity index (χ4n) is 2.44. The molecule has 5 heteroatoms. The van der Waals surface area contributed by atoms with Gasteiger partial charge in [-0.15, -0.1) is 11.6 Å². The van der Waals surface area contributed by atoms with Crippen molar-refractivity contribution in [2.75, 3.05) is 19.0 Å². The predicted molar refractivity (Wildman–Crippen MR) is 69.0 cm³/mol. The molecule has 0 saturated carbocycles. The number of carbonyl (C=O) groups excluding carboxylic acids is 1. The van der Waals surface area contributed by atoms with Crippen molar-refractivity contribution in [3.63, 3.8) is 0 Å². The maximum Gasteiger partial charge on any atom is 0.237 e. The SMILES string of the molecule is NC1CN(C(=O)CCl)CCC1c1cccc(F)c1. The zero-order valence-electron chi connectivity index (χ0n) is 9.98. The van der Waals surface area contributed by atoms with Crippen LogP contribution >= 0.6 is 11.6 Å². The van der Waals surface area contributed by atoms with Crippen molar-refractivity contribution in [2.24, 2.45) is 5.73 Å². The Labute approximate surface area is 111 Å². The molecule has 0 bridgehead atoms. The maximum atomic E-state index is 13.2. The number of rotatable bonds is 2. The highest BCUT2D eigenvalue weighted by atomic mass is 35.5. The standard InChI is InChI=1S/C13H16ClFN2O/c14-7-13(18)17-5-4-11(12(16)8-17)9-2-1-3-10(15)6-9/h1-3,6,11-12H,4-5,7-8,16H2. The Bertz CT molecular complexity index is 441. The van der Waals surface area contributed by atoms with Crippen molar-refractivity contribution >= 4 is 17.5 Å². The lowest BCUT2D eigenvalue weighted by Crippen LogP contribution is -2.50. The molecule has 1 aromatic carbocycles. The van der Waals surface area contributed by atoms with Crippen LogP contribution in [0.1, 0.15) is 17.9 Å². The molecule has 1 heterocycles. The molecule has 18 heavy (non-hydrogen) atoms. The molecule has 1 amide bonds. The van der Waals surface area contributed by atoms with E-state index in [0.29, 0.717) is 13.1 Å². The van der Waals surface area contributed by atoms with Crippen LogP contribution in [-0.2, 0) is 4.79 Å². The number of benzene rings is 1. The molecule has 2 unspecified atom stereocenters. The number of hydrogen-bond donors (Lipinski definition) is 1. The Hall–Kier alpha value is -1.13. The lowest BCUT2D eigenvalue weighted by Gasteiger charge is -2.36. The highest BCUT2D eigenvalue weighted by Crippen LogP contribution is 2.27. The molecule has 3 nitrogen and oxygen atoms in total. The normalized spacial score (nSPS) is 24.1. The van der Waals surface area contributed by atoms with Gasteiger partial charge in [-0.1, -0.05) is 12.1 Å². The molecular weight excluding hydrogens is 255 g/mol. The minimum absolute atomic E-state index is 0.0165. The van der Waals surface area contributed by atoms with Crippen LogP contribution in [0.15, 0.2) is 24.3 Å². The summed E-state index contributed by atoms with van der Waals surface area (Å²) < 4.78 is 13.2. The van der Waals surface area contributed by atoms with Crippen molar-refractivity contribution in [3.8, 4) is 0 Å². The first-order valence-corrected chi connectivity index (χ1v) is 6.50. The molecule has 0 spiro atoms. The lowest BCUT2D eigenvalue weighted by atomic mass is 9.86. The van der Waals surface area contributed by atoms with Crippen molar-refractivity contribution < 1.29 is 9.18 Å². The third kappa shape index (κ3) is 2.82. The minimum Gasteiger partial charge on any atom is -0.340 e. The molecule has 2 rings (SSSR count).